The van der Waals surface area contributed by atoms with Crippen molar-refractivity contribution >= 4 is 18.3 Å². The summed E-state index contributed by atoms with van der Waals surface area (Å²) in [6, 6.07) is 6.38. The van der Waals surface area contributed by atoms with Crippen LogP contribution in [0.4, 0.5) is 4.79 Å². The number of amides is 2. The number of carbonyl (C=O) groups excluding carboxylic acids is 3. The molecule has 1 rings (SSSR count). The molecule has 0 spiro atoms. The molecular weight excluding hydrogens is 356 g/mol. The van der Waals surface area contributed by atoms with Crippen LogP contribution < -0.4 is 10.6 Å². The molecular formula is C18H26N2O7. The number of hydrogen-bond acceptors (Lipinski definition) is 7. The minimum atomic E-state index is -0.487. The summed E-state index contributed by atoms with van der Waals surface area (Å²) < 4.78 is 20.6. The summed E-state index contributed by atoms with van der Waals surface area (Å²) >= 11 is 0. The van der Waals surface area contributed by atoms with E-state index in [0.29, 0.717) is 57.3 Å². The Labute approximate surface area is 158 Å². The second kappa shape index (κ2) is 14.7. The first-order chi connectivity index (χ1) is 13.2. The quantitative estimate of drug-likeness (QED) is 0.359. The lowest BCUT2D eigenvalue weighted by atomic mass is 10.1. The molecule has 9 heteroatoms. The minimum absolute atomic E-state index is 0.190. The Morgan fingerprint density at radius 2 is 1.44 bits per heavy atom. The van der Waals surface area contributed by atoms with Crippen molar-refractivity contribution in [1.29, 1.82) is 0 Å². The first-order valence-corrected chi connectivity index (χ1v) is 8.58. The number of carbonyl (C=O) groups is 3. The van der Waals surface area contributed by atoms with Gasteiger partial charge < -0.3 is 29.6 Å². The van der Waals surface area contributed by atoms with Gasteiger partial charge in [0, 0.05) is 24.7 Å². The van der Waals surface area contributed by atoms with Gasteiger partial charge in [0.25, 0.3) is 5.91 Å². The number of aldehydes is 1. The van der Waals surface area contributed by atoms with Crippen molar-refractivity contribution in [3.8, 4) is 0 Å². The number of alkyl carbamates (subject to hydrolysis) is 1. The molecule has 0 bridgehead atoms. The molecule has 0 saturated heterocycles. The fraction of sp³-hybridized carbons (Fsp3) is 0.500. The van der Waals surface area contributed by atoms with Gasteiger partial charge in [-0.25, -0.2) is 4.79 Å². The molecule has 0 saturated carbocycles. The fourth-order valence-corrected chi connectivity index (χ4v) is 1.86. The van der Waals surface area contributed by atoms with E-state index < -0.39 is 6.09 Å². The number of hydrogen-bond donors (Lipinski definition) is 2. The molecule has 2 amide bonds. The van der Waals surface area contributed by atoms with E-state index in [2.05, 4.69) is 10.6 Å². The van der Waals surface area contributed by atoms with Crippen LogP contribution in [0.1, 0.15) is 20.7 Å². The molecule has 150 valence electrons. The predicted molar refractivity (Wildman–Crippen MR) is 97.0 cm³/mol. The maximum absolute atomic E-state index is 11.9. The highest BCUT2D eigenvalue weighted by Crippen LogP contribution is 2.02. The highest BCUT2D eigenvalue weighted by Gasteiger charge is 2.04. The van der Waals surface area contributed by atoms with Crippen LogP contribution in [-0.4, -0.2) is 78.1 Å². The second-order valence-corrected chi connectivity index (χ2v) is 5.22. The standard InChI is InChI=1S/C18H26N2O7/c1-19-18(23)27-13-12-26-11-10-25-9-8-24-7-6-20-17(22)16-4-2-15(14-21)3-5-16/h2-5,14H,6-13H2,1H3,(H,19,23)(H,20,22). The third-order valence-electron chi connectivity index (χ3n) is 3.25. The highest BCUT2D eigenvalue weighted by atomic mass is 16.6. The zero-order valence-electron chi connectivity index (χ0n) is 15.4. The molecule has 0 aliphatic rings. The normalized spacial score (nSPS) is 10.3. The molecule has 0 unspecified atom stereocenters. The van der Waals surface area contributed by atoms with Gasteiger partial charge in [-0.2, -0.15) is 0 Å². The summed E-state index contributed by atoms with van der Waals surface area (Å²) in [6.45, 7) is 2.88. The fourth-order valence-electron chi connectivity index (χ4n) is 1.86. The van der Waals surface area contributed by atoms with Crippen LogP contribution in [-0.2, 0) is 18.9 Å². The molecule has 0 fully saturated rings. The van der Waals surface area contributed by atoms with Gasteiger partial charge in [0.2, 0.25) is 0 Å². The van der Waals surface area contributed by atoms with Crippen LogP contribution in [0, 0.1) is 0 Å². The second-order valence-electron chi connectivity index (χ2n) is 5.22. The van der Waals surface area contributed by atoms with E-state index >= 15 is 0 Å². The predicted octanol–water partition coefficient (Wildman–Crippen LogP) is 0.635. The van der Waals surface area contributed by atoms with E-state index in [1.807, 2.05) is 0 Å². The SMILES string of the molecule is CNC(=O)OCCOCCOCCOCCNC(=O)c1ccc(C=O)cc1. The molecule has 0 aromatic heterocycles. The Hall–Kier alpha value is -2.49. The molecule has 0 aliphatic carbocycles. The third-order valence-corrected chi connectivity index (χ3v) is 3.25. The molecule has 1 aromatic rings. The maximum atomic E-state index is 11.9. The molecule has 2 N–H and O–H groups in total. The maximum Gasteiger partial charge on any atom is 0.406 e. The zero-order valence-corrected chi connectivity index (χ0v) is 15.4. The molecule has 0 atom stereocenters. The third kappa shape index (κ3) is 11.0. The summed E-state index contributed by atoms with van der Waals surface area (Å²) in [5.74, 6) is -0.218. The molecule has 0 radical (unpaired) electrons. The Kier molecular flexibility index (Phi) is 12.2. The number of nitrogens with one attached hydrogen (secondary N) is 2. The summed E-state index contributed by atoms with van der Waals surface area (Å²) in [4.78, 5) is 33.2. The van der Waals surface area contributed by atoms with Gasteiger partial charge in [-0.1, -0.05) is 12.1 Å². The summed E-state index contributed by atoms with van der Waals surface area (Å²) in [7, 11) is 1.49. The van der Waals surface area contributed by atoms with E-state index in [9.17, 15) is 14.4 Å². The van der Waals surface area contributed by atoms with Gasteiger partial charge >= 0.3 is 6.09 Å². The van der Waals surface area contributed by atoms with E-state index in [4.69, 9.17) is 18.9 Å². The van der Waals surface area contributed by atoms with E-state index in [1.54, 1.807) is 24.3 Å². The van der Waals surface area contributed by atoms with E-state index in [1.165, 1.54) is 7.05 Å². The average Bonchev–Trinajstić information content (AvgIpc) is 2.71. The highest BCUT2D eigenvalue weighted by molar-refractivity contribution is 5.94. The van der Waals surface area contributed by atoms with Gasteiger partial charge in [-0.05, 0) is 12.1 Å². The molecule has 9 nitrogen and oxygen atoms in total. The van der Waals surface area contributed by atoms with Crippen LogP contribution in [0.2, 0.25) is 0 Å². The minimum Gasteiger partial charge on any atom is -0.447 e. The van der Waals surface area contributed by atoms with E-state index in [-0.39, 0.29) is 12.5 Å². The van der Waals surface area contributed by atoms with Gasteiger partial charge in [-0.15, -0.1) is 0 Å². The van der Waals surface area contributed by atoms with Crippen molar-refractivity contribution in [3.05, 3.63) is 35.4 Å². The average molecular weight is 382 g/mol. The van der Waals surface area contributed by atoms with Crippen molar-refractivity contribution in [2.24, 2.45) is 0 Å². The number of ether oxygens (including phenoxy) is 4. The van der Waals surface area contributed by atoms with Crippen LogP contribution in [0.5, 0.6) is 0 Å². The van der Waals surface area contributed by atoms with Crippen LogP contribution in [0.3, 0.4) is 0 Å². The summed E-state index contributed by atoms with van der Waals surface area (Å²) in [5.41, 5.74) is 1.02. The van der Waals surface area contributed by atoms with Crippen LogP contribution in [0.25, 0.3) is 0 Å². The Morgan fingerprint density at radius 3 is 2.00 bits per heavy atom. The van der Waals surface area contributed by atoms with Crippen molar-refractivity contribution in [1.82, 2.24) is 10.6 Å². The number of benzene rings is 1. The van der Waals surface area contributed by atoms with Crippen molar-refractivity contribution in [2.45, 2.75) is 0 Å². The number of rotatable bonds is 14. The van der Waals surface area contributed by atoms with Crippen LogP contribution >= 0.6 is 0 Å². The van der Waals surface area contributed by atoms with Gasteiger partial charge in [0.1, 0.15) is 12.9 Å². The molecule has 27 heavy (non-hydrogen) atoms. The van der Waals surface area contributed by atoms with Crippen molar-refractivity contribution in [2.75, 3.05) is 59.8 Å². The molecule has 0 heterocycles. The summed E-state index contributed by atoms with van der Waals surface area (Å²) in [6.07, 6.45) is 0.241. The first kappa shape index (κ1) is 22.6. The van der Waals surface area contributed by atoms with Gasteiger partial charge in [-0.3, -0.25) is 9.59 Å². The van der Waals surface area contributed by atoms with Crippen LogP contribution in [0.15, 0.2) is 24.3 Å². The van der Waals surface area contributed by atoms with Crippen molar-refractivity contribution < 1.29 is 33.3 Å². The first-order valence-electron chi connectivity index (χ1n) is 8.58. The molecule has 1 aromatic carbocycles. The monoisotopic (exact) mass is 382 g/mol. The lowest BCUT2D eigenvalue weighted by Gasteiger charge is -2.08. The lowest BCUT2D eigenvalue weighted by Crippen LogP contribution is -2.27. The smallest absolute Gasteiger partial charge is 0.406 e. The van der Waals surface area contributed by atoms with Crippen molar-refractivity contribution in [3.63, 3.8) is 0 Å². The molecule has 0 aliphatic heterocycles. The van der Waals surface area contributed by atoms with E-state index in [0.717, 1.165) is 6.29 Å². The largest absolute Gasteiger partial charge is 0.447 e. The van der Waals surface area contributed by atoms with Gasteiger partial charge in [0.15, 0.2) is 0 Å². The Bertz CT molecular complexity index is 563. The summed E-state index contributed by atoms with van der Waals surface area (Å²) in [5, 5.41) is 5.06. The zero-order chi connectivity index (χ0) is 19.7. The Morgan fingerprint density at radius 1 is 0.889 bits per heavy atom. The Balaban J connectivity index is 1.89. The lowest BCUT2D eigenvalue weighted by molar-refractivity contribution is 0.00631. The topological polar surface area (TPSA) is 112 Å². The van der Waals surface area contributed by atoms with Gasteiger partial charge in [0.05, 0.1) is 39.6 Å².